The quantitative estimate of drug-likeness (QED) is 0.430. The predicted octanol–water partition coefficient (Wildman–Crippen LogP) is 4.43. The number of aliphatic hydroxyl groups is 1. The van der Waals surface area contributed by atoms with Gasteiger partial charge in [-0.3, -0.25) is 10.1 Å². The van der Waals surface area contributed by atoms with Gasteiger partial charge in [0.1, 0.15) is 12.3 Å². The van der Waals surface area contributed by atoms with Gasteiger partial charge in [-0.15, -0.1) is 0 Å². The molecule has 0 radical (unpaired) electrons. The van der Waals surface area contributed by atoms with E-state index in [9.17, 15) is 23.6 Å². The van der Waals surface area contributed by atoms with E-state index in [4.69, 9.17) is 0 Å². The molecule has 5 atom stereocenters. The fourth-order valence-electron chi connectivity index (χ4n) is 4.89. The Hall–Kier alpha value is -3.07. The summed E-state index contributed by atoms with van der Waals surface area (Å²) in [5.74, 6) is -1.42. The van der Waals surface area contributed by atoms with Crippen molar-refractivity contribution in [3.63, 3.8) is 0 Å². The molecule has 1 aliphatic heterocycles. The smallest absolute Gasteiger partial charge is 0.246 e. The second-order valence-corrected chi connectivity index (χ2v) is 10.8. The minimum atomic E-state index is -4.26. The number of hydrogen-bond donors (Lipinski definition) is 1. The lowest BCUT2D eigenvalue weighted by Gasteiger charge is -2.47. The maximum absolute atomic E-state index is 13.9. The summed E-state index contributed by atoms with van der Waals surface area (Å²) in [7, 11) is -4.26. The predicted molar refractivity (Wildman–Crippen MR) is 129 cm³/mol. The Morgan fingerprint density at radius 1 is 0.853 bits per heavy atom. The van der Waals surface area contributed by atoms with Crippen LogP contribution in [0.15, 0.2) is 83.8 Å². The van der Waals surface area contributed by atoms with Crippen LogP contribution in [0, 0.1) is 29.9 Å². The monoisotopic (exact) mass is 480 g/mol. The third-order valence-corrected chi connectivity index (χ3v) is 8.57. The first-order chi connectivity index (χ1) is 16.1. The molecule has 1 N–H and O–H groups in total. The van der Waals surface area contributed by atoms with E-state index in [1.165, 1.54) is 12.1 Å². The van der Waals surface area contributed by atoms with Crippen LogP contribution in [-0.4, -0.2) is 35.0 Å². The molecular weight excluding hydrogens is 452 g/mol. The van der Waals surface area contributed by atoms with Crippen LogP contribution in [0.4, 0.5) is 0 Å². The summed E-state index contributed by atoms with van der Waals surface area (Å²) in [5, 5.41) is 24.0. The van der Waals surface area contributed by atoms with Gasteiger partial charge in [-0.05, 0) is 37.1 Å². The molecule has 0 aliphatic carbocycles. The van der Waals surface area contributed by atoms with Crippen molar-refractivity contribution in [3.05, 3.63) is 111 Å². The summed E-state index contributed by atoms with van der Waals surface area (Å²) < 4.78 is 28.7. The maximum Gasteiger partial charge on any atom is 0.246 e. The van der Waals surface area contributed by atoms with E-state index in [0.717, 1.165) is 15.4 Å². The highest BCUT2D eigenvalue weighted by molar-refractivity contribution is 7.89. The Labute approximate surface area is 199 Å². The van der Waals surface area contributed by atoms with Crippen LogP contribution in [0.1, 0.15) is 41.1 Å². The maximum atomic E-state index is 13.9. The number of nitrogens with zero attached hydrogens (tertiary/aromatic N) is 2. The number of benzene rings is 3. The van der Waals surface area contributed by atoms with E-state index in [1.807, 2.05) is 19.9 Å². The average Bonchev–Trinajstić information content (AvgIpc) is 2.81. The summed E-state index contributed by atoms with van der Waals surface area (Å²) in [6.07, 6.45) is -1.46. The summed E-state index contributed by atoms with van der Waals surface area (Å²) >= 11 is 0. The molecule has 0 bridgehead atoms. The Bertz CT molecular complexity index is 1260. The van der Waals surface area contributed by atoms with E-state index >= 15 is 0 Å². The van der Waals surface area contributed by atoms with Gasteiger partial charge in [0.15, 0.2) is 0 Å². The minimum absolute atomic E-state index is 0.0123. The molecule has 0 saturated carbocycles. The molecule has 1 unspecified atom stereocenters. The second-order valence-electron chi connectivity index (χ2n) is 8.99. The summed E-state index contributed by atoms with van der Waals surface area (Å²) in [6, 6.07) is 19.8. The third-order valence-electron chi connectivity index (χ3n) is 6.71. The minimum Gasteiger partial charge on any atom is -0.377 e. The standard InChI is InChI=1S/C26H28N2O5S/c1-17-9-13-21(14-10-17)24-25(28(30)31)23(20-7-5-4-6-8-20)19(3)26(29)27(24)34(32,33)22-15-11-18(2)12-16-22/h4-16,19,23-26,29H,1-3H3/t19-,23+,24-,25+,26?/m1/s1. The molecule has 1 fully saturated rings. The van der Waals surface area contributed by atoms with E-state index in [1.54, 1.807) is 67.6 Å². The van der Waals surface area contributed by atoms with Crippen molar-refractivity contribution in [1.82, 2.24) is 4.31 Å². The fraction of sp³-hybridized carbons (Fsp3) is 0.308. The summed E-state index contributed by atoms with van der Waals surface area (Å²) in [5.41, 5.74) is 2.99. The Morgan fingerprint density at radius 2 is 1.38 bits per heavy atom. The van der Waals surface area contributed by atoms with Crippen molar-refractivity contribution < 1.29 is 18.4 Å². The zero-order valence-electron chi connectivity index (χ0n) is 19.3. The highest BCUT2D eigenvalue weighted by Gasteiger charge is 2.58. The fourth-order valence-corrected chi connectivity index (χ4v) is 6.64. The zero-order chi connectivity index (χ0) is 24.6. The van der Waals surface area contributed by atoms with E-state index in [0.29, 0.717) is 11.1 Å². The van der Waals surface area contributed by atoms with E-state index in [-0.39, 0.29) is 4.90 Å². The lowest BCUT2D eigenvalue weighted by molar-refractivity contribution is -0.542. The van der Waals surface area contributed by atoms with Crippen molar-refractivity contribution in [2.24, 2.45) is 5.92 Å². The van der Waals surface area contributed by atoms with Crippen LogP contribution in [0.5, 0.6) is 0 Å². The molecule has 3 aromatic carbocycles. The largest absolute Gasteiger partial charge is 0.377 e. The number of aliphatic hydroxyl groups excluding tert-OH is 1. The molecule has 34 heavy (non-hydrogen) atoms. The molecule has 178 valence electrons. The van der Waals surface area contributed by atoms with Gasteiger partial charge >= 0.3 is 0 Å². The van der Waals surface area contributed by atoms with Gasteiger partial charge in [-0.1, -0.05) is 84.8 Å². The molecule has 0 spiro atoms. The van der Waals surface area contributed by atoms with E-state index in [2.05, 4.69) is 0 Å². The van der Waals surface area contributed by atoms with Crippen LogP contribution >= 0.6 is 0 Å². The molecule has 1 aliphatic rings. The summed E-state index contributed by atoms with van der Waals surface area (Å²) in [6.45, 7) is 5.40. The first kappa shape index (κ1) is 24.1. The molecule has 7 nitrogen and oxygen atoms in total. The molecule has 1 heterocycles. The first-order valence-electron chi connectivity index (χ1n) is 11.2. The zero-order valence-corrected chi connectivity index (χ0v) is 20.1. The van der Waals surface area contributed by atoms with Crippen LogP contribution < -0.4 is 0 Å². The van der Waals surface area contributed by atoms with Gasteiger partial charge < -0.3 is 5.11 Å². The lowest BCUT2D eigenvalue weighted by Crippen LogP contribution is -2.59. The SMILES string of the molecule is Cc1ccc([C@@H]2[C@@H]([N+](=O)[O-])[C@H](c3ccccc3)[C@@H](C)C(O)N2S(=O)(=O)c2ccc(C)cc2)cc1. The Kier molecular flexibility index (Phi) is 6.58. The van der Waals surface area contributed by atoms with Gasteiger partial charge in [-0.25, -0.2) is 8.42 Å². The molecule has 0 aromatic heterocycles. The molecule has 4 rings (SSSR count). The third kappa shape index (κ3) is 4.24. The van der Waals surface area contributed by atoms with Crippen LogP contribution in [0.25, 0.3) is 0 Å². The normalized spacial score (nSPS) is 25.7. The van der Waals surface area contributed by atoms with Gasteiger partial charge in [-0.2, -0.15) is 4.31 Å². The Balaban J connectivity index is 1.95. The van der Waals surface area contributed by atoms with Gasteiger partial charge in [0, 0.05) is 10.8 Å². The number of aryl methyl sites for hydroxylation is 2. The van der Waals surface area contributed by atoms with Crippen LogP contribution in [0.2, 0.25) is 0 Å². The van der Waals surface area contributed by atoms with E-state index < -0.39 is 45.1 Å². The van der Waals surface area contributed by atoms with Crippen molar-refractivity contribution >= 4 is 10.0 Å². The highest BCUT2D eigenvalue weighted by Crippen LogP contribution is 2.48. The number of nitro groups is 1. The highest BCUT2D eigenvalue weighted by atomic mass is 32.2. The number of piperidine rings is 1. The first-order valence-corrected chi connectivity index (χ1v) is 12.6. The number of hydrogen-bond acceptors (Lipinski definition) is 5. The molecule has 8 heteroatoms. The average molecular weight is 481 g/mol. The van der Waals surface area contributed by atoms with Crippen LogP contribution in [-0.2, 0) is 10.0 Å². The van der Waals surface area contributed by atoms with Crippen molar-refractivity contribution in [1.29, 1.82) is 0 Å². The Morgan fingerprint density at radius 3 is 1.91 bits per heavy atom. The lowest BCUT2D eigenvalue weighted by atomic mass is 9.73. The second kappa shape index (κ2) is 9.29. The van der Waals surface area contributed by atoms with Gasteiger partial charge in [0.25, 0.3) is 0 Å². The van der Waals surface area contributed by atoms with Gasteiger partial charge in [0.05, 0.1) is 10.8 Å². The topological polar surface area (TPSA) is 101 Å². The molecular formula is C26H28N2O5S. The summed E-state index contributed by atoms with van der Waals surface area (Å²) in [4.78, 5) is 12.2. The van der Waals surface area contributed by atoms with Crippen LogP contribution in [0.3, 0.4) is 0 Å². The van der Waals surface area contributed by atoms with Crippen molar-refractivity contribution in [2.45, 2.75) is 49.9 Å². The van der Waals surface area contributed by atoms with Crippen molar-refractivity contribution in [3.8, 4) is 0 Å². The van der Waals surface area contributed by atoms with Gasteiger partial charge in [0.2, 0.25) is 16.1 Å². The molecule has 3 aromatic rings. The molecule has 0 amide bonds. The van der Waals surface area contributed by atoms with Crippen molar-refractivity contribution in [2.75, 3.05) is 0 Å². The molecule has 1 saturated heterocycles. The number of sulfonamides is 1. The number of rotatable bonds is 5.